The van der Waals surface area contributed by atoms with E-state index in [0.29, 0.717) is 15.7 Å². The molecule has 1 rings (SSSR count). The van der Waals surface area contributed by atoms with Gasteiger partial charge in [-0.05, 0) is 34.5 Å². The number of ether oxygens (including phenoxy) is 1. The molecule has 1 atom stereocenters. The van der Waals surface area contributed by atoms with Crippen LogP contribution in [0.4, 0.5) is 18.9 Å². The number of hydrogen-bond acceptors (Lipinski definition) is 2. The number of alkyl halides is 3. The average Bonchev–Trinajstić information content (AvgIpc) is 2.18. The molecule has 1 aromatic carbocycles. The van der Waals surface area contributed by atoms with Crippen LogP contribution in [0.25, 0.3) is 0 Å². The highest BCUT2D eigenvalue weighted by Gasteiger charge is 2.36. The van der Waals surface area contributed by atoms with Crippen LogP contribution in [0.2, 0.25) is 0 Å². The molecular weight excluding hydrogens is 287 g/mol. The van der Waals surface area contributed by atoms with Crippen LogP contribution in [0.15, 0.2) is 22.7 Å². The third kappa shape index (κ3) is 3.38. The van der Waals surface area contributed by atoms with Crippen molar-refractivity contribution in [2.75, 3.05) is 5.73 Å². The fraction of sp³-hybridized carbons (Fsp3) is 0.400. The lowest BCUT2D eigenvalue weighted by molar-refractivity contribution is -0.217. The van der Waals surface area contributed by atoms with Crippen LogP contribution in [0.5, 0.6) is 0 Å². The lowest BCUT2D eigenvalue weighted by Crippen LogP contribution is -2.28. The summed E-state index contributed by atoms with van der Waals surface area (Å²) in [7, 11) is 0. The molecular formula is C10H11BrF3NO. The summed E-state index contributed by atoms with van der Waals surface area (Å²) in [6, 6.07) is 4.97. The Morgan fingerprint density at radius 2 is 2.06 bits per heavy atom. The van der Waals surface area contributed by atoms with E-state index in [1.54, 1.807) is 18.2 Å². The fourth-order valence-corrected chi connectivity index (χ4v) is 1.40. The molecule has 16 heavy (non-hydrogen) atoms. The predicted molar refractivity (Wildman–Crippen MR) is 58.9 cm³/mol. The zero-order valence-electron chi connectivity index (χ0n) is 8.51. The molecule has 0 bridgehead atoms. The second kappa shape index (κ2) is 5.05. The van der Waals surface area contributed by atoms with Gasteiger partial charge in [0, 0.05) is 10.2 Å². The number of nitrogen functional groups attached to an aromatic ring is 1. The standard InChI is InChI=1S/C10H11BrF3NO/c1-6(10(12,13)14)16-5-7-3-2-4-8(15)9(7)11/h2-4,6H,5,15H2,1H3. The zero-order chi connectivity index (χ0) is 12.3. The highest BCUT2D eigenvalue weighted by Crippen LogP contribution is 2.27. The van der Waals surface area contributed by atoms with Crippen molar-refractivity contribution in [2.45, 2.75) is 25.8 Å². The lowest BCUT2D eigenvalue weighted by atomic mass is 10.2. The van der Waals surface area contributed by atoms with Gasteiger partial charge in [-0.25, -0.2) is 0 Å². The van der Waals surface area contributed by atoms with Gasteiger partial charge in [0.05, 0.1) is 6.61 Å². The molecule has 0 aliphatic heterocycles. The van der Waals surface area contributed by atoms with Crippen molar-refractivity contribution in [1.82, 2.24) is 0 Å². The smallest absolute Gasteiger partial charge is 0.398 e. The summed E-state index contributed by atoms with van der Waals surface area (Å²) < 4.78 is 41.8. The second-order valence-corrected chi connectivity index (χ2v) is 4.11. The summed E-state index contributed by atoms with van der Waals surface area (Å²) in [5.74, 6) is 0. The van der Waals surface area contributed by atoms with Crippen molar-refractivity contribution in [3.05, 3.63) is 28.2 Å². The quantitative estimate of drug-likeness (QED) is 0.867. The molecule has 1 aromatic rings. The Bertz CT molecular complexity index is 368. The molecule has 0 aliphatic carbocycles. The Balaban J connectivity index is 2.65. The first-order valence-corrected chi connectivity index (χ1v) is 5.33. The maximum Gasteiger partial charge on any atom is 0.414 e. The van der Waals surface area contributed by atoms with Crippen molar-refractivity contribution < 1.29 is 17.9 Å². The Morgan fingerprint density at radius 1 is 1.44 bits per heavy atom. The van der Waals surface area contributed by atoms with E-state index in [-0.39, 0.29) is 6.61 Å². The second-order valence-electron chi connectivity index (χ2n) is 3.32. The SMILES string of the molecule is CC(OCc1cccc(N)c1Br)C(F)(F)F. The maximum atomic E-state index is 12.2. The first-order valence-electron chi connectivity index (χ1n) is 4.53. The lowest BCUT2D eigenvalue weighted by Gasteiger charge is -2.17. The van der Waals surface area contributed by atoms with Gasteiger partial charge in [-0.2, -0.15) is 13.2 Å². The average molecular weight is 298 g/mol. The van der Waals surface area contributed by atoms with Gasteiger partial charge in [-0.15, -0.1) is 0 Å². The van der Waals surface area contributed by atoms with E-state index in [0.717, 1.165) is 6.92 Å². The molecule has 0 aromatic heterocycles. The van der Waals surface area contributed by atoms with Gasteiger partial charge in [0.15, 0.2) is 6.10 Å². The van der Waals surface area contributed by atoms with Crippen LogP contribution < -0.4 is 5.73 Å². The molecule has 0 saturated carbocycles. The minimum atomic E-state index is -4.34. The number of nitrogens with two attached hydrogens (primary N) is 1. The van der Waals surface area contributed by atoms with Gasteiger partial charge in [0.2, 0.25) is 0 Å². The third-order valence-electron chi connectivity index (χ3n) is 2.06. The van der Waals surface area contributed by atoms with Gasteiger partial charge in [-0.3, -0.25) is 0 Å². The number of benzene rings is 1. The molecule has 0 saturated heterocycles. The highest BCUT2D eigenvalue weighted by molar-refractivity contribution is 9.10. The minimum absolute atomic E-state index is 0.133. The van der Waals surface area contributed by atoms with Crippen LogP contribution in [-0.2, 0) is 11.3 Å². The molecule has 0 spiro atoms. The first kappa shape index (κ1) is 13.3. The normalized spacial score (nSPS) is 13.8. The van der Waals surface area contributed by atoms with Crippen LogP contribution in [-0.4, -0.2) is 12.3 Å². The molecule has 0 amide bonds. The van der Waals surface area contributed by atoms with Crippen molar-refractivity contribution in [3.8, 4) is 0 Å². The molecule has 90 valence electrons. The molecule has 0 heterocycles. The van der Waals surface area contributed by atoms with Gasteiger partial charge >= 0.3 is 6.18 Å². The third-order valence-corrected chi connectivity index (χ3v) is 3.03. The van der Waals surface area contributed by atoms with E-state index in [2.05, 4.69) is 15.9 Å². The van der Waals surface area contributed by atoms with Crippen LogP contribution >= 0.6 is 15.9 Å². The van der Waals surface area contributed by atoms with Crippen molar-refractivity contribution >= 4 is 21.6 Å². The van der Waals surface area contributed by atoms with E-state index in [4.69, 9.17) is 10.5 Å². The summed E-state index contributed by atoms with van der Waals surface area (Å²) in [6.07, 6.45) is -6.13. The van der Waals surface area contributed by atoms with Crippen molar-refractivity contribution in [2.24, 2.45) is 0 Å². The summed E-state index contributed by atoms with van der Waals surface area (Å²) in [5.41, 5.74) is 6.65. The highest BCUT2D eigenvalue weighted by atomic mass is 79.9. The number of halogens is 4. The molecule has 0 aliphatic rings. The Labute approximate surface area is 99.7 Å². The van der Waals surface area contributed by atoms with Gasteiger partial charge in [-0.1, -0.05) is 12.1 Å². The summed E-state index contributed by atoms with van der Waals surface area (Å²) in [6.45, 7) is 0.840. The number of hydrogen-bond donors (Lipinski definition) is 1. The van der Waals surface area contributed by atoms with Gasteiger partial charge < -0.3 is 10.5 Å². The van der Waals surface area contributed by atoms with E-state index < -0.39 is 12.3 Å². The summed E-state index contributed by atoms with van der Waals surface area (Å²) in [5, 5.41) is 0. The number of rotatable bonds is 3. The van der Waals surface area contributed by atoms with Crippen molar-refractivity contribution in [3.63, 3.8) is 0 Å². The van der Waals surface area contributed by atoms with E-state index in [1.165, 1.54) is 0 Å². The van der Waals surface area contributed by atoms with Crippen LogP contribution in [0.3, 0.4) is 0 Å². The predicted octanol–water partition coefficient (Wildman–Crippen LogP) is 3.50. The molecule has 1 unspecified atom stereocenters. The molecule has 2 nitrogen and oxygen atoms in total. The van der Waals surface area contributed by atoms with Gasteiger partial charge in [0.25, 0.3) is 0 Å². The van der Waals surface area contributed by atoms with Crippen LogP contribution in [0, 0.1) is 0 Å². The Morgan fingerprint density at radius 3 is 2.62 bits per heavy atom. The topological polar surface area (TPSA) is 35.2 Å². The maximum absolute atomic E-state index is 12.2. The Kier molecular flexibility index (Phi) is 4.21. The Hall–Kier alpha value is -0.750. The van der Waals surface area contributed by atoms with Crippen molar-refractivity contribution in [1.29, 1.82) is 0 Å². The van der Waals surface area contributed by atoms with E-state index >= 15 is 0 Å². The molecule has 0 fully saturated rings. The summed E-state index contributed by atoms with van der Waals surface area (Å²) >= 11 is 3.19. The molecule has 2 N–H and O–H groups in total. The fourth-order valence-electron chi connectivity index (χ4n) is 1.02. The largest absolute Gasteiger partial charge is 0.414 e. The molecule has 6 heteroatoms. The summed E-state index contributed by atoms with van der Waals surface area (Å²) in [4.78, 5) is 0. The minimum Gasteiger partial charge on any atom is -0.398 e. The number of anilines is 1. The van der Waals surface area contributed by atoms with Crippen LogP contribution in [0.1, 0.15) is 12.5 Å². The van der Waals surface area contributed by atoms with E-state index in [9.17, 15) is 13.2 Å². The zero-order valence-corrected chi connectivity index (χ0v) is 10.1. The van der Waals surface area contributed by atoms with E-state index in [1.807, 2.05) is 0 Å². The monoisotopic (exact) mass is 297 g/mol. The van der Waals surface area contributed by atoms with Gasteiger partial charge in [0.1, 0.15) is 0 Å². The first-order chi connectivity index (χ1) is 7.32. The molecule has 0 radical (unpaired) electrons.